The topological polar surface area (TPSA) is 34.9 Å². The molecule has 0 N–H and O–H groups in total. The van der Waals surface area contributed by atoms with Gasteiger partial charge in [-0.25, -0.2) is 0 Å². The summed E-state index contributed by atoms with van der Waals surface area (Å²) in [6, 6.07) is 17.8. The second-order valence-corrected chi connectivity index (χ2v) is 5.76. The van der Waals surface area contributed by atoms with Crippen LogP contribution >= 0.6 is 0 Å². The second-order valence-electron chi connectivity index (χ2n) is 5.76. The Balaban J connectivity index is 1.97. The first-order valence-electron chi connectivity index (χ1n) is 7.51. The molecule has 0 amide bonds. The molecule has 1 aliphatic carbocycles. The average Bonchev–Trinajstić information content (AvgIpc) is 2.55. The van der Waals surface area contributed by atoms with Gasteiger partial charge in [0.15, 0.2) is 0 Å². The molecule has 1 heterocycles. The molecule has 0 aliphatic heterocycles. The van der Waals surface area contributed by atoms with Crippen LogP contribution in [0.15, 0.2) is 59.4 Å². The zero-order valence-corrected chi connectivity index (χ0v) is 12.4. The molecule has 2 aromatic carbocycles. The van der Waals surface area contributed by atoms with Gasteiger partial charge in [-0.1, -0.05) is 35.9 Å². The Morgan fingerprint density at radius 3 is 2.55 bits per heavy atom. The molecule has 0 fully saturated rings. The van der Waals surface area contributed by atoms with Gasteiger partial charge in [-0.15, -0.1) is 0 Å². The molecule has 0 unspecified atom stereocenters. The van der Waals surface area contributed by atoms with E-state index in [1.807, 2.05) is 30.3 Å². The molecule has 22 heavy (non-hydrogen) atoms. The molecule has 1 aromatic heterocycles. The Labute approximate surface area is 128 Å². The molecule has 3 nitrogen and oxygen atoms in total. The molecule has 4 rings (SSSR count). The number of aryl methyl sites for hydroxylation is 3. The van der Waals surface area contributed by atoms with E-state index in [0.29, 0.717) is 0 Å². The quantitative estimate of drug-likeness (QED) is 0.688. The lowest BCUT2D eigenvalue weighted by atomic mass is 9.88. The molecule has 0 saturated carbocycles. The zero-order valence-electron chi connectivity index (χ0n) is 12.4. The summed E-state index contributed by atoms with van der Waals surface area (Å²) in [5.41, 5.74) is 6.40. The molecule has 1 aliphatic rings. The van der Waals surface area contributed by atoms with Crippen molar-refractivity contribution < 1.29 is 0 Å². The van der Waals surface area contributed by atoms with Crippen LogP contribution in [-0.4, -0.2) is 9.78 Å². The van der Waals surface area contributed by atoms with E-state index in [9.17, 15) is 4.79 Å². The normalized spacial score (nSPS) is 12.6. The van der Waals surface area contributed by atoms with Crippen LogP contribution in [0.1, 0.15) is 16.7 Å². The molecule has 3 heteroatoms. The van der Waals surface area contributed by atoms with Gasteiger partial charge in [-0.05, 0) is 49.1 Å². The third-order valence-electron chi connectivity index (χ3n) is 4.20. The van der Waals surface area contributed by atoms with Gasteiger partial charge in [0.1, 0.15) is 0 Å². The van der Waals surface area contributed by atoms with Gasteiger partial charge in [0, 0.05) is 11.6 Å². The Hall–Kier alpha value is -2.68. The lowest BCUT2D eigenvalue weighted by molar-refractivity contribution is 0.783. The first kappa shape index (κ1) is 13.0. The summed E-state index contributed by atoms with van der Waals surface area (Å²) < 4.78 is 1.50. The number of rotatable bonds is 1. The predicted molar refractivity (Wildman–Crippen MR) is 87.4 cm³/mol. The maximum Gasteiger partial charge on any atom is 0.271 e. The SMILES string of the molecule is Cc1ccc2c(c1)-c1nn(-c3ccccc3)c(=O)cc1CC2. The molecule has 3 aromatic rings. The fraction of sp³-hybridized carbons (Fsp3) is 0.158. The van der Waals surface area contributed by atoms with Gasteiger partial charge in [0.05, 0.1) is 11.4 Å². The van der Waals surface area contributed by atoms with Crippen molar-refractivity contribution in [3.8, 4) is 16.9 Å². The molecular weight excluding hydrogens is 272 g/mol. The maximum atomic E-state index is 12.4. The van der Waals surface area contributed by atoms with Crippen molar-refractivity contribution in [2.24, 2.45) is 0 Å². The summed E-state index contributed by atoms with van der Waals surface area (Å²) in [4.78, 5) is 12.4. The lowest BCUT2D eigenvalue weighted by Crippen LogP contribution is -2.24. The minimum atomic E-state index is -0.0685. The van der Waals surface area contributed by atoms with Crippen LogP contribution in [0.25, 0.3) is 16.9 Å². The minimum absolute atomic E-state index is 0.0685. The zero-order chi connectivity index (χ0) is 15.1. The standard InChI is InChI=1S/C19H16N2O/c1-13-7-8-14-9-10-15-12-18(22)21(16-5-3-2-4-6-16)20-19(15)17(14)11-13/h2-8,11-12H,9-10H2,1H3. The highest BCUT2D eigenvalue weighted by molar-refractivity contribution is 5.69. The summed E-state index contributed by atoms with van der Waals surface area (Å²) in [6.45, 7) is 2.09. The molecule has 108 valence electrons. The van der Waals surface area contributed by atoms with Gasteiger partial charge in [-0.3, -0.25) is 4.79 Å². The highest BCUT2D eigenvalue weighted by Gasteiger charge is 2.19. The first-order valence-corrected chi connectivity index (χ1v) is 7.51. The van der Waals surface area contributed by atoms with E-state index >= 15 is 0 Å². The number of nitrogens with zero attached hydrogens (tertiary/aromatic N) is 2. The highest BCUT2D eigenvalue weighted by atomic mass is 16.1. The van der Waals surface area contributed by atoms with Crippen molar-refractivity contribution in [1.82, 2.24) is 9.78 Å². The van der Waals surface area contributed by atoms with Gasteiger partial charge in [0.2, 0.25) is 0 Å². The van der Waals surface area contributed by atoms with E-state index in [2.05, 4.69) is 30.2 Å². The van der Waals surface area contributed by atoms with Crippen LogP contribution in [0, 0.1) is 6.92 Å². The lowest BCUT2D eigenvalue weighted by Gasteiger charge is -2.20. The van der Waals surface area contributed by atoms with Gasteiger partial charge >= 0.3 is 0 Å². The van der Waals surface area contributed by atoms with Crippen LogP contribution in [0.3, 0.4) is 0 Å². The fourth-order valence-corrected chi connectivity index (χ4v) is 3.06. The predicted octanol–water partition coefficient (Wildman–Crippen LogP) is 3.31. The Kier molecular flexibility index (Phi) is 2.93. The van der Waals surface area contributed by atoms with Crippen molar-refractivity contribution in [3.05, 3.63) is 81.6 Å². The minimum Gasteiger partial charge on any atom is -0.267 e. The van der Waals surface area contributed by atoms with E-state index in [0.717, 1.165) is 35.3 Å². The van der Waals surface area contributed by atoms with Crippen molar-refractivity contribution >= 4 is 0 Å². The highest BCUT2D eigenvalue weighted by Crippen LogP contribution is 2.31. The molecule has 0 atom stereocenters. The van der Waals surface area contributed by atoms with E-state index in [4.69, 9.17) is 0 Å². The van der Waals surface area contributed by atoms with Crippen molar-refractivity contribution in [3.63, 3.8) is 0 Å². The van der Waals surface area contributed by atoms with E-state index in [1.165, 1.54) is 15.8 Å². The Bertz CT molecular complexity index is 910. The van der Waals surface area contributed by atoms with Crippen LogP contribution < -0.4 is 5.56 Å². The molecule has 0 spiro atoms. The van der Waals surface area contributed by atoms with Crippen LogP contribution in [0.4, 0.5) is 0 Å². The van der Waals surface area contributed by atoms with Crippen molar-refractivity contribution in [2.45, 2.75) is 19.8 Å². The third kappa shape index (κ3) is 2.06. The molecular formula is C19H16N2O. The van der Waals surface area contributed by atoms with Crippen LogP contribution in [0.5, 0.6) is 0 Å². The number of benzene rings is 2. The van der Waals surface area contributed by atoms with E-state index in [1.54, 1.807) is 6.07 Å². The summed E-state index contributed by atoms with van der Waals surface area (Å²) in [7, 11) is 0. The van der Waals surface area contributed by atoms with Crippen molar-refractivity contribution in [2.75, 3.05) is 0 Å². The van der Waals surface area contributed by atoms with E-state index in [-0.39, 0.29) is 5.56 Å². The van der Waals surface area contributed by atoms with Crippen LogP contribution in [0.2, 0.25) is 0 Å². The number of para-hydroxylation sites is 1. The summed E-state index contributed by atoms with van der Waals surface area (Å²) in [5.74, 6) is 0. The summed E-state index contributed by atoms with van der Waals surface area (Å²) in [6.07, 6.45) is 1.85. The number of fused-ring (bicyclic) bond motifs is 3. The molecule has 0 radical (unpaired) electrons. The Morgan fingerprint density at radius 1 is 0.955 bits per heavy atom. The molecule has 0 bridgehead atoms. The second kappa shape index (κ2) is 4.95. The van der Waals surface area contributed by atoms with Gasteiger partial charge < -0.3 is 0 Å². The number of hydrogen-bond donors (Lipinski definition) is 0. The largest absolute Gasteiger partial charge is 0.271 e. The monoisotopic (exact) mass is 288 g/mol. The Morgan fingerprint density at radius 2 is 1.73 bits per heavy atom. The third-order valence-corrected chi connectivity index (χ3v) is 4.20. The van der Waals surface area contributed by atoms with Gasteiger partial charge in [-0.2, -0.15) is 9.78 Å². The summed E-state index contributed by atoms with van der Waals surface area (Å²) in [5, 5.41) is 4.67. The molecule has 0 saturated heterocycles. The van der Waals surface area contributed by atoms with Gasteiger partial charge in [0.25, 0.3) is 5.56 Å². The smallest absolute Gasteiger partial charge is 0.267 e. The number of hydrogen-bond acceptors (Lipinski definition) is 2. The summed E-state index contributed by atoms with van der Waals surface area (Å²) >= 11 is 0. The average molecular weight is 288 g/mol. The fourth-order valence-electron chi connectivity index (χ4n) is 3.06. The number of aromatic nitrogens is 2. The van der Waals surface area contributed by atoms with Crippen molar-refractivity contribution in [1.29, 1.82) is 0 Å². The van der Waals surface area contributed by atoms with Crippen LogP contribution in [-0.2, 0) is 12.8 Å². The first-order chi connectivity index (χ1) is 10.7. The maximum absolute atomic E-state index is 12.4. The van der Waals surface area contributed by atoms with E-state index < -0.39 is 0 Å².